The van der Waals surface area contributed by atoms with Crippen LogP contribution in [0.4, 0.5) is 5.82 Å². The summed E-state index contributed by atoms with van der Waals surface area (Å²) in [6, 6.07) is 7.47. The maximum atomic E-state index is 12.8. The third-order valence-corrected chi connectivity index (χ3v) is 6.11. The molecular formula is C22H27ClN4O2. The van der Waals surface area contributed by atoms with Crippen LogP contribution < -0.4 is 9.64 Å². The molecular weight excluding hydrogens is 388 g/mol. The van der Waals surface area contributed by atoms with Gasteiger partial charge in [-0.3, -0.25) is 4.79 Å². The van der Waals surface area contributed by atoms with Crippen LogP contribution in [0.3, 0.4) is 0 Å². The molecule has 2 aliphatic rings. The molecule has 1 aliphatic carbocycles. The molecule has 1 aromatic heterocycles. The molecule has 2 fully saturated rings. The Balaban J connectivity index is 1.38. The molecule has 1 amide bonds. The van der Waals surface area contributed by atoms with Crippen LogP contribution in [0.5, 0.6) is 11.6 Å². The number of hydrogen-bond donors (Lipinski definition) is 0. The highest BCUT2D eigenvalue weighted by Crippen LogP contribution is 2.30. The molecule has 6 nitrogen and oxygen atoms in total. The van der Waals surface area contributed by atoms with Gasteiger partial charge >= 0.3 is 0 Å². The number of nitrogens with zero attached hydrogens (tertiary/aromatic N) is 4. The SMILES string of the molecule is Cc1ccc(Cl)c(Oc2cc(N3CCN(C(=O)C4CCCCC4)CC3)ncn2)c1. The van der Waals surface area contributed by atoms with Crippen LogP contribution in [-0.2, 0) is 4.79 Å². The van der Waals surface area contributed by atoms with Crippen LogP contribution in [0.2, 0.25) is 5.02 Å². The Labute approximate surface area is 176 Å². The largest absolute Gasteiger partial charge is 0.437 e. The summed E-state index contributed by atoms with van der Waals surface area (Å²) >= 11 is 6.23. The van der Waals surface area contributed by atoms with Crippen LogP contribution in [0.25, 0.3) is 0 Å². The van der Waals surface area contributed by atoms with E-state index >= 15 is 0 Å². The summed E-state index contributed by atoms with van der Waals surface area (Å²) in [5.74, 6) is 2.42. The zero-order valence-electron chi connectivity index (χ0n) is 16.8. The molecule has 1 saturated carbocycles. The Morgan fingerprint density at radius 1 is 1.07 bits per heavy atom. The van der Waals surface area contributed by atoms with Gasteiger partial charge < -0.3 is 14.5 Å². The first-order valence-corrected chi connectivity index (χ1v) is 10.8. The van der Waals surface area contributed by atoms with E-state index in [9.17, 15) is 4.79 Å². The van der Waals surface area contributed by atoms with Gasteiger partial charge in [-0.2, -0.15) is 0 Å². The highest BCUT2D eigenvalue weighted by Gasteiger charge is 2.28. The Morgan fingerprint density at radius 2 is 1.83 bits per heavy atom. The standard InChI is InChI=1S/C22H27ClN4O2/c1-16-7-8-18(23)19(13-16)29-21-14-20(24-15-25-21)26-9-11-27(12-10-26)22(28)17-5-3-2-4-6-17/h7-8,13-15,17H,2-6,9-12H2,1H3. The molecule has 1 aromatic carbocycles. The first-order valence-electron chi connectivity index (χ1n) is 10.4. The molecule has 0 spiro atoms. The van der Waals surface area contributed by atoms with Gasteiger partial charge in [-0.15, -0.1) is 0 Å². The summed E-state index contributed by atoms with van der Waals surface area (Å²) < 4.78 is 5.89. The number of piperazine rings is 1. The molecule has 4 rings (SSSR count). The van der Waals surface area contributed by atoms with Gasteiger partial charge in [-0.1, -0.05) is 36.9 Å². The van der Waals surface area contributed by atoms with Crippen molar-refractivity contribution in [2.45, 2.75) is 39.0 Å². The minimum atomic E-state index is 0.230. The number of aryl methyl sites for hydroxylation is 1. The number of rotatable bonds is 4. The summed E-state index contributed by atoms with van der Waals surface area (Å²) in [6.07, 6.45) is 7.24. The van der Waals surface area contributed by atoms with Gasteiger partial charge in [0.1, 0.15) is 17.9 Å². The minimum absolute atomic E-state index is 0.230. The maximum absolute atomic E-state index is 12.8. The van der Waals surface area contributed by atoms with E-state index in [1.807, 2.05) is 36.1 Å². The van der Waals surface area contributed by atoms with E-state index in [4.69, 9.17) is 16.3 Å². The van der Waals surface area contributed by atoms with Crippen molar-refractivity contribution in [3.05, 3.63) is 41.2 Å². The Morgan fingerprint density at radius 3 is 2.59 bits per heavy atom. The molecule has 0 unspecified atom stereocenters. The topological polar surface area (TPSA) is 58.6 Å². The van der Waals surface area contributed by atoms with Crippen LogP contribution in [0, 0.1) is 12.8 Å². The lowest BCUT2D eigenvalue weighted by Crippen LogP contribution is -2.50. The van der Waals surface area contributed by atoms with E-state index in [0.29, 0.717) is 22.6 Å². The van der Waals surface area contributed by atoms with E-state index in [2.05, 4.69) is 14.9 Å². The lowest BCUT2D eigenvalue weighted by Gasteiger charge is -2.37. The molecule has 2 aromatic rings. The molecule has 2 heterocycles. The predicted octanol–water partition coefficient (Wildman–Crippen LogP) is 4.46. The van der Waals surface area contributed by atoms with Crippen LogP contribution >= 0.6 is 11.6 Å². The number of carbonyl (C=O) groups excluding carboxylic acids is 1. The summed E-state index contributed by atoms with van der Waals surface area (Å²) in [4.78, 5) is 25.6. The summed E-state index contributed by atoms with van der Waals surface area (Å²) in [5, 5.41) is 0.547. The molecule has 7 heteroatoms. The van der Waals surface area contributed by atoms with Crippen LogP contribution in [0.15, 0.2) is 30.6 Å². The van der Waals surface area contributed by atoms with Crippen molar-refractivity contribution in [3.8, 4) is 11.6 Å². The van der Waals surface area contributed by atoms with Gasteiger partial charge in [0.15, 0.2) is 0 Å². The molecule has 0 radical (unpaired) electrons. The predicted molar refractivity (Wildman–Crippen MR) is 114 cm³/mol. The number of halogens is 1. The average Bonchev–Trinajstić information content (AvgIpc) is 2.77. The van der Waals surface area contributed by atoms with Gasteiger partial charge in [0, 0.05) is 38.2 Å². The van der Waals surface area contributed by atoms with Gasteiger partial charge in [0.25, 0.3) is 0 Å². The molecule has 0 atom stereocenters. The van der Waals surface area contributed by atoms with Crippen molar-refractivity contribution in [2.75, 3.05) is 31.1 Å². The van der Waals surface area contributed by atoms with Crippen molar-refractivity contribution in [1.29, 1.82) is 0 Å². The third-order valence-electron chi connectivity index (χ3n) is 5.80. The molecule has 0 N–H and O–H groups in total. The molecule has 1 saturated heterocycles. The summed E-state index contributed by atoms with van der Waals surface area (Å²) in [7, 11) is 0. The second kappa shape index (κ2) is 8.99. The lowest BCUT2D eigenvalue weighted by atomic mass is 9.88. The quantitative estimate of drug-likeness (QED) is 0.739. The van der Waals surface area contributed by atoms with Gasteiger partial charge in [0.05, 0.1) is 5.02 Å². The smallest absolute Gasteiger partial charge is 0.225 e. The normalized spacial score (nSPS) is 18.0. The summed E-state index contributed by atoms with van der Waals surface area (Å²) in [6.45, 7) is 4.99. The van der Waals surface area contributed by atoms with Crippen molar-refractivity contribution < 1.29 is 9.53 Å². The van der Waals surface area contributed by atoms with Crippen molar-refractivity contribution in [3.63, 3.8) is 0 Å². The number of benzene rings is 1. The number of amides is 1. The highest BCUT2D eigenvalue weighted by molar-refractivity contribution is 6.32. The first kappa shape index (κ1) is 20.0. The highest BCUT2D eigenvalue weighted by atomic mass is 35.5. The van der Waals surface area contributed by atoms with Crippen molar-refractivity contribution >= 4 is 23.3 Å². The van der Waals surface area contributed by atoms with E-state index < -0.39 is 0 Å². The van der Waals surface area contributed by atoms with Crippen LogP contribution in [-0.4, -0.2) is 47.0 Å². The number of aromatic nitrogens is 2. The summed E-state index contributed by atoms with van der Waals surface area (Å²) in [5.41, 5.74) is 1.07. The lowest BCUT2D eigenvalue weighted by molar-refractivity contribution is -0.136. The Kier molecular flexibility index (Phi) is 6.19. The number of hydrogen-bond acceptors (Lipinski definition) is 5. The monoisotopic (exact) mass is 414 g/mol. The number of carbonyl (C=O) groups is 1. The third kappa shape index (κ3) is 4.81. The minimum Gasteiger partial charge on any atom is -0.437 e. The van der Waals surface area contributed by atoms with Gasteiger partial charge in [-0.25, -0.2) is 9.97 Å². The maximum Gasteiger partial charge on any atom is 0.225 e. The average molecular weight is 415 g/mol. The van der Waals surface area contributed by atoms with E-state index in [0.717, 1.165) is 50.4 Å². The zero-order valence-corrected chi connectivity index (χ0v) is 17.6. The van der Waals surface area contributed by atoms with Crippen molar-refractivity contribution in [2.24, 2.45) is 5.92 Å². The Bertz CT molecular complexity index is 862. The van der Waals surface area contributed by atoms with E-state index in [-0.39, 0.29) is 5.92 Å². The fourth-order valence-electron chi connectivity index (χ4n) is 4.12. The zero-order chi connectivity index (χ0) is 20.2. The number of anilines is 1. The first-order chi connectivity index (χ1) is 14.1. The van der Waals surface area contributed by atoms with E-state index in [1.165, 1.54) is 25.6 Å². The number of ether oxygens (including phenoxy) is 1. The second-order valence-corrected chi connectivity index (χ2v) is 8.30. The molecule has 0 bridgehead atoms. The van der Waals surface area contributed by atoms with E-state index in [1.54, 1.807) is 0 Å². The van der Waals surface area contributed by atoms with Crippen molar-refractivity contribution in [1.82, 2.24) is 14.9 Å². The van der Waals surface area contributed by atoms with Crippen LogP contribution in [0.1, 0.15) is 37.7 Å². The van der Waals surface area contributed by atoms with Gasteiger partial charge in [-0.05, 0) is 37.5 Å². The molecule has 29 heavy (non-hydrogen) atoms. The second-order valence-electron chi connectivity index (χ2n) is 7.90. The fourth-order valence-corrected chi connectivity index (χ4v) is 4.28. The van der Waals surface area contributed by atoms with Gasteiger partial charge in [0.2, 0.25) is 11.8 Å². The molecule has 154 valence electrons. The Hall–Kier alpha value is -2.34. The molecule has 1 aliphatic heterocycles. The fraction of sp³-hybridized carbons (Fsp3) is 0.500.